The summed E-state index contributed by atoms with van der Waals surface area (Å²) in [7, 11) is 0. The van der Waals surface area contributed by atoms with E-state index in [2.05, 4.69) is 58.8 Å². The van der Waals surface area contributed by atoms with Gasteiger partial charge < -0.3 is 0 Å². The largest absolute Gasteiger partial charge is 0.288 e. The molecule has 0 N–H and O–H groups in total. The SMILES string of the molecule is N#Cc1ccccc1CN1CCc2sccc2[C@@H]1c1ccccc1. The monoisotopic (exact) mass is 330 g/mol. The van der Waals surface area contributed by atoms with Crippen LogP contribution in [-0.2, 0) is 13.0 Å². The third-order valence-corrected chi connectivity index (χ3v) is 5.69. The third kappa shape index (κ3) is 2.75. The summed E-state index contributed by atoms with van der Waals surface area (Å²) in [6.45, 7) is 1.82. The molecule has 0 saturated carbocycles. The lowest BCUT2D eigenvalue weighted by atomic mass is 9.92. The minimum Gasteiger partial charge on any atom is -0.288 e. The summed E-state index contributed by atoms with van der Waals surface area (Å²) < 4.78 is 0. The van der Waals surface area contributed by atoms with E-state index in [1.165, 1.54) is 16.0 Å². The number of rotatable bonds is 3. The third-order valence-electron chi connectivity index (χ3n) is 4.69. The van der Waals surface area contributed by atoms with E-state index in [0.29, 0.717) is 0 Å². The van der Waals surface area contributed by atoms with E-state index in [9.17, 15) is 5.26 Å². The Labute approximate surface area is 146 Å². The smallest absolute Gasteiger partial charge is 0.0995 e. The summed E-state index contributed by atoms with van der Waals surface area (Å²) >= 11 is 1.86. The van der Waals surface area contributed by atoms with Gasteiger partial charge in [0.05, 0.1) is 17.7 Å². The highest BCUT2D eigenvalue weighted by Crippen LogP contribution is 2.38. The van der Waals surface area contributed by atoms with Gasteiger partial charge in [0.1, 0.15) is 0 Å². The Morgan fingerprint density at radius 1 is 1.04 bits per heavy atom. The van der Waals surface area contributed by atoms with E-state index in [0.717, 1.165) is 30.6 Å². The molecule has 1 aromatic heterocycles. The molecule has 2 nitrogen and oxygen atoms in total. The number of fused-ring (bicyclic) bond motifs is 1. The van der Waals surface area contributed by atoms with Crippen LogP contribution in [0.2, 0.25) is 0 Å². The highest BCUT2D eigenvalue weighted by Gasteiger charge is 2.29. The van der Waals surface area contributed by atoms with Crippen molar-refractivity contribution in [3.63, 3.8) is 0 Å². The van der Waals surface area contributed by atoms with Gasteiger partial charge in [-0.1, -0.05) is 48.5 Å². The Bertz CT molecular complexity index is 876. The highest BCUT2D eigenvalue weighted by molar-refractivity contribution is 7.10. The molecule has 0 aliphatic carbocycles. The van der Waals surface area contributed by atoms with Crippen molar-refractivity contribution in [3.05, 3.63) is 93.2 Å². The van der Waals surface area contributed by atoms with E-state index in [1.807, 2.05) is 29.5 Å². The molecule has 118 valence electrons. The van der Waals surface area contributed by atoms with Gasteiger partial charge in [-0.05, 0) is 40.6 Å². The molecular weight excluding hydrogens is 312 g/mol. The van der Waals surface area contributed by atoms with Crippen LogP contribution in [0.15, 0.2) is 66.0 Å². The first kappa shape index (κ1) is 15.1. The quantitative estimate of drug-likeness (QED) is 0.692. The molecule has 0 bridgehead atoms. The van der Waals surface area contributed by atoms with Crippen molar-refractivity contribution in [2.24, 2.45) is 0 Å². The molecule has 0 amide bonds. The Kier molecular flexibility index (Phi) is 4.17. The predicted octanol–water partition coefficient (Wildman–Crippen LogP) is 4.77. The summed E-state index contributed by atoms with van der Waals surface area (Å²) in [6, 6.07) is 23.5. The van der Waals surface area contributed by atoms with Crippen molar-refractivity contribution < 1.29 is 0 Å². The van der Waals surface area contributed by atoms with Crippen LogP contribution in [0, 0.1) is 11.3 Å². The predicted molar refractivity (Wildman–Crippen MR) is 97.9 cm³/mol. The average molecular weight is 330 g/mol. The molecule has 1 atom stereocenters. The van der Waals surface area contributed by atoms with Crippen LogP contribution in [0.1, 0.15) is 33.2 Å². The van der Waals surface area contributed by atoms with Gasteiger partial charge in [-0.25, -0.2) is 0 Å². The van der Waals surface area contributed by atoms with Gasteiger partial charge in [-0.3, -0.25) is 4.90 Å². The van der Waals surface area contributed by atoms with E-state index >= 15 is 0 Å². The molecule has 2 aromatic carbocycles. The molecule has 4 rings (SSSR count). The van der Waals surface area contributed by atoms with E-state index in [-0.39, 0.29) is 6.04 Å². The van der Waals surface area contributed by atoms with Crippen LogP contribution in [0.3, 0.4) is 0 Å². The van der Waals surface area contributed by atoms with Crippen molar-refractivity contribution in [1.29, 1.82) is 5.26 Å². The van der Waals surface area contributed by atoms with Gasteiger partial charge >= 0.3 is 0 Å². The van der Waals surface area contributed by atoms with Crippen molar-refractivity contribution in [3.8, 4) is 6.07 Å². The van der Waals surface area contributed by atoms with Crippen molar-refractivity contribution in [2.75, 3.05) is 6.54 Å². The Morgan fingerprint density at radius 2 is 1.83 bits per heavy atom. The van der Waals surface area contributed by atoms with Crippen molar-refractivity contribution in [2.45, 2.75) is 19.0 Å². The summed E-state index contributed by atoms with van der Waals surface area (Å²) in [5.41, 5.74) is 4.64. The van der Waals surface area contributed by atoms with Crippen LogP contribution in [0.25, 0.3) is 0 Å². The molecule has 1 aliphatic heterocycles. The fourth-order valence-corrected chi connectivity index (χ4v) is 4.45. The second-order valence-corrected chi connectivity index (χ2v) is 7.10. The normalized spacial score (nSPS) is 17.2. The molecule has 0 fully saturated rings. The van der Waals surface area contributed by atoms with Crippen LogP contribution >= 0.6 is 11.3 Å². The summed E-state index contributed by atoms with van der Waals surface area (Å²) in [5, 5.41) is 11.6. The lowest BCUT2D eigenvalue weighted by molar-refractivity contribution is 0.206. The van der Waals surface area contributed by atoms with E-state index < -0.39 is 0 Å². The maximum atomic E-state index is 9.39. The number of nitrogens with zero attached hydrogens (tertiary/aromatic N) is 2. The second kappa shape index (κ2) is 6.60. The molecular formula is C21H18N2S. The zero-order valence-electron chi connectivity index (χ0n) is 13.4. The number of nitriles is 1. The molecule has 3 aromatic rings. The Morgan fingerprint density at radius 3 is 2.67 bits per heavy atom. The van der Waals surface area contributed by atoms with Crippen molar-refractivity contribution >= 4 is 11.3 Å². The average Bonchev–Trinajstić information content (AvgIpc) is 3.11. The minimum atomic E-state index is 0.271. The summed E-state index contributed by atoms with van der Waals surface area (Å²) in [5.74, 6) is 0. The standard InChI is InChI=1S/C21H18N2S/c22-14-17-8-4-5-9-18(17)15-23-12-10-20-19(11-13-24-20)21(23)16-6-2-1-3-7-16/h1-9,11,13,21H,10,12,15H2/t21-/m0/s1. The zero-order chi connectivity index (χ0) is 16.4. The number of hydrogen-bond donors (Lipinski definition) is 0. The molecule has 2 heterocycles. The van der Waals surface area contributed by atoms with Crippen molar-refractivity contribution in [1.82, 2.24) is 4.90 Å². The maximum Gasteiger partial charge on any atom is 0.0995 e. The van der Waals surface area contributed by atoms with Crippen LogP contribution in [-0.4, -0.2) is 11.4 Å². The van der Waals surface area contributed by atoms with Crippen LogP contribution in [0.4, 0.5) is 0 Å². The van der Waals surface area contributed by atoms with Gasteiger partial charge in [0.2, 0.25) is 0 Å². The molecule has 24 heavy (non-hydrogen) atoms. The second-order valence-electron chi connectivity index (χ2n) is 6.10. The summed E-state index contributed by atoms with van der Waals surface area (Å²) in [4.78, 5) is 3.99. The summed E-state index contributed by atoms with van der Waals surface area (Å²) in [6.07, 6.45) is 1.09. The maximum absolute atomic E-state index is 9.39. The van der Waals surface area contributed by atoms with Gasteiger partial charge in [0.15, 0.2) is 0 Å². The van der Waals surface area contributed by atoms with Crippen LogP contribution < -0.4 is 0 Å². The molecule has 0 spiro atoms. The number of benzene rings is 2. The first-order chi connectivity index (χ1) is 11.9. The van der Waals surface area contributed by atoms with E-state index in [1.54, 1.807) is 0 Å². The van der Waals surface area contributed by atoms with E-state index in [4.69, 9.17) is 0 Å². The Balaban J connectivity index is 1.73. The van der Waals surface area contributed by atoms with Gasteiger partial charge in [0, 0.05) is 18.0 Å². The molecule has 0 unspecified atom stereocenters. The first-order valence-corrected chi connectivity index (χ1v) is 9.08. The van der Waals surface area contributed by atoms with Gasteiger partial charge in [-0.15, -0.1) is 11.3 Å². The fraction of sp³-hybridized carbons (Fsp3) is 0.190. The highest BCUT2D eigenvalue weighted by atomic mass is 32.1. The number of hydrogen-bond acceptors (Lipinski definition) is 3. The topological polar surface area (TPSA) is 27.0 Å². The molecule has 1 aliphatic rings. The lowest BCUT2D eigenvalue weighted by Crippen LogP contribution is -2.35. The minimum absolute atomic E-state index is 0.271. The number of thiophene rings is 1. The van der Waals surface area contributed by atoms with Gasteiger partial charge in [-0.2, -0.15) is 5.26 Å². The lowest BCUT2D eigenvalue weighted by Gasteiger charge is -2.36. The first-order valence-electron chi connectivity index (χ1n) is 8.20. The fourth-order valence-electron chi connectivity index (χ4n) is 3.55. The molecule has 3 heteroatoms. The van der Waals surface area contributed by atoms with Gasteiger partial charge in [0.25, 0.3) is 0 Å². The van der Waals surface area contributed by atoms with Crippen LogP contribution in [0.5, 0.6) is 0 Å². The Hall–Kier alpha value is -2.41. The molecule has 0 radical (unpaired) electrons. The zero-order valence-corrected chi connectivity index (χ0v) is 14.2. The molecule has 0 saturated heterocycles.